The van der Waals surface area contributed by atoms with E-state index in [0.29, 0.717) is 30.1 Å². The van der Waals surface area contributed by atoms with Crippen molar-refractivity contribution in [1.82, 2.24) is 15.4 Å². The van der Waals surface area contributed by atoms with Gasteiger partial charge in [0.1, 0.15) is 5.76 Å². The molecule has 6 nitrogen and oxygen atoms in total. The summed E-state index contributed by atoms with van der Waals surface area (Å²) in [5.41, 5.74) is 3.20. The lowest BCUT2D eigenvalue weighted by Gasteiger charge is -2.32. The van der Waals surface area contributed by atoms with E-state index in [1.54, 1.807) is 13.0 Å². The molecule has 2 amide bonds. The number of aryl methyl sites for hydroxylation is 1. The SMILES string of the molecule is Cc1cc(C(=O)NC2CCN(C(=O)c3ccc(-c4ccccc4)cc3)CC2)no1. The predicted octanol–water partition coefficient (Wildman–Crippen LogP) is 3.68. The van der Waals surface area contributed by atoms with Crippen LogP contribution in [0.2, 0.25) is 0 Å². The molecule has 3 aromatic rings. The third-order valence-electron chi connectivity index (χ3n) is 5.22. The fourth-order valence-electron chi connectivity index (χ4n) is 3.58. The minimum absolute atomic E-state index is 0.0292. The van der Waals surface area contributed by atoms with E-state index in [-0.39, 0.29) is 17.9 Å². The van der Waals surface area contributed by atoms with Gasteiger partial charge >= 0.3 is 0 Å². The molecular weight excluding hydrogens is 366 g/mol. The molecule has 1 aliphatic rings. The molecular formula is C23H23N3O3. The van der Waals surface area contributed by atoms with Crippen molar-refractivity contribution < 1.29 is 14.1 Å². The van der Waals surface area contributed by atoms with Crippen LogP contribution in [0.3, 0.4) is 0 Å². The normalized spacial score (nSPS) is 14.6. The van der Waals surface area contributed by atoms with Crippen molar-refractivity contribution in [3.8, 4) is 11.1 Å². The van der Waals surface area contributed by atoms with Crippen LogP contribution in [0.1, 0.15) is 39.4 Å². The standard InChI is InChI=1S/C23H23N3O3/c1-16-15-21(25-29-16)22(27)24-20-11-13-26(14-12-20)23(28)19-9-7-18(8-10-19)17-5-3-2-4-6-17/h2-10,15,20H,11-14H2,1H3,(H,24,27). The molecule has 4 rings (SSSR count). The Hall–Kier alpha value is -3.41. The molecule has 0 aliphatic carbocycles. The van der Waals surface area contributed by atoms with Crippen LogP contribution in [0.4, 0.5) is 0 Å². The summed E-state index contributed by atoms with van der Waals surface area (Å²) in [6.45, 7) is 2.98. The van der Waals surface area contributed by atoms with Crippen LogP contribution in [0.5, 0.6) is 0 Å². The molecule has 1 fully saturated rings. The molecule has 6 heteroatoms. The maximum atomic E-state index is 12.8. The largest absolute Gasteiger partial charge is 0.361 e. The highest BCUT2D eigenvalue weighted by atomic mass is 16.5. The minimum atomic E-state index is -0.233. The predicted molar refractivity (Wildman–Crippen MR) is 110 cm³/mol. The monoisotopic (exact) mass is 389 g/mol. The second kappa shape index (κ2) is 8.31. The summed E-state index contributed by atoms with van der Waals surface area (Å²) >= 11 is 0. The lowest BCUT2D eigenvalue weighted by molar-refractivity contribution is 0.0697. The van der Waals surface area contributed by atoms with E-state index < -0.39 is 0 Å². The van der Waals surface area contributed by atoms with Gasteiger partial charge in [-0.05, 0) is 43.0 Å². The van der Waals surface area contributed by atoms with Crippen LogP contribution in [0.15, 0.2) is 65.2 Å². The van der Waals surface area contributed by atoms with Crippen molar-refractivity contribution in [3.63, 3.8) is 0 Å². The molecule has 0 saturated carbocycles. The maximum absolute atomic E-state index is 12.8. The van der Waals surface area contributed by atoms with Crippen LogP contribution in [0.25, 0.3) is 11.1 Å². The summed E-state index contributed by atoms with van der Waals surface area (Å²) < 4.78 is 4.95. The number of nitrogens with zero attached hydrogens (tertiary/aromatic N) is 2. The second-order valence-electron chi connectivity index (χ2n) is 7.31. The highest BCUT2D eigenvalue weighted by molar-refractivity contribution is 5.95. The van der Waals surface area contributed by atoms with Gasteiger partial charge in [0, 0.05) is 30.8 Å². The van der Waals surface area contributed by atoms with E-state index in [4.69, 9.17) is 4.52 Å². The third kappa shape index (κ3) is 4.37. The molecule has 0 unspecified atom stereocenters. The summed E-state index contributed by atoms with van der Waals surface area (Å²) in [6.07, 6.45) is 1.44. The zero-order valence-electron chi connectivity index (χ0n) is 16.3. The second-order valence-corrected chi connectivity index (χ2v) is 7.31. The van der Waals surface area contributed by atoms with Crippen molar-refractivity contribution in [2.75, 3.05) is 13.1 Å². The Morgan fingerprint density at radius 3 is 2.28 bits per heavy atom. The van der Waals surface area contributed by atoms with E-state index in [1.165, 1.54) is 0 Å². The number of piperidine rings is 1. The van der Waals surface area contributed by atoms with Gasteiger partial charge in [0.2, 0.25) is 0 Å². The van der Waals surface area contributed by atoms with Gasteiger partial charge in [0.05, 0.1) is 0 Å². The fraction of sp³-hybridized carbons (Fsp3) is 0.261. The minimum Gasteiger partial charge on any atom is -0.361 e. The topological polar surface area (TPSA) is 75.4 Å². The van der Waals surface area contributed by atoms with Gasteiger partial charge in [-0.15, -0.1) is 0 Å². The first-order valence-electron chi connectivity index (χ1n) is 9.79. The van der Waals surface area contributed by atoms with E-state index in [1.807, 2.05) is 47.4 Å². The van der Waals surface area contributed by atoms with E-state index in [9.17, 15) is 9.59 Å². The van der Waals surface area contributed by atoms with Crippen LogP contribution in [-0.2, 0) is 0 Å². The van der Waals surface area contributed by atoms with Gasteiger partial charge in [-0.3, -0.25) is 9.59 Å². The third-order valence-corrected chi connectivity index (χ3v) is 5.22. The van der Waals surface area contributed by atoms with Gasteiger partial charge in [-0.2, -0.15) is 0 Å². The molecule has 2 aromatic carbocycles. The summed E-state index contributed by atoms with van der Waals surface area (Å²) in [7, 11) is 0. The van der Waals surface area contributed by atoms with E-state index in [2.05, 4.69) is 22.6 Å². The van der Waals surface area contributed by atoms with E-state index >= 15 is 0 Å². The molecule has 1 saturated heterocycles. The Balaban J connectivity index is 1.32. The lowest BCUT2D eigenvalue weighted by Crippen LogP contribution is -2.46. The highest BCUT2D eigenvalue weighted by Crippen LogP contribution is 2.21. The number of carbonyl (C=O) groups is 2. The summed E-state index contributed by atoms with van der Waals surface area (Å²) in [5, 5.41) is 6.72. The molecule has 0 atom stereocenters. The van der Waals surface area contributed by atoms with Crippen LogP contribution in [-0.4, -0.2) is 41.0 Å². The smallest absolute Gasteiger partial charge is 0.273 e. The molecule has 1 N–H and O–H groups in total. The molecule has 1 aliphatic heterocycles. The number of hydrogen-bond acceptors (Lipinski definition) is 4. The average molecular weight is 389 g/mol. The van der Waals surface area contributed by atoms with Gasteiger partial charge < -0.3 is 14.7 Å². The zero-order chi connectivity index (χ0) is 20.2. The Labute approximate surface area is 169 Å². The van der Waals surface area contributed by atoms with E-state index in [0.717, 1.165) is 24.0 Å². The molecule has 0 bridgehead atoms. The number of carbonyl (C=O) groups excluding carboxylic acids is 2. The molecule has 2 heterocycles. The van der Waals surface area contributed by atoms with Gasteiger partial charge in [0.15, 0.2) is 5.69 Å². The molecule has 0 radical (unpaired) electrons. The van der Waals surface area contributed by atoms with Gasteiger partial charge in [-0.25, -0.2) is 0 Å². The molecule has 1 aromatic heterocycles. The first kappa shape index (κ1) is 18.9. The van der Waals surface area contributed by atoms with Crippen molar-refractivity contribution in [2.24, 2.45) is 0 Å². The Morgan fingerprint density at radius 1 is 1.00 bits per heavy atom. The highest BCUT2D eigenvalue weighted by Gasteiger charge is 2.25. The summed E-state index contributed by atoms with van der Waals surface area (Å²) in [4.78, 5) is 26.9. The Morgan fingerprint density at radius 2 is 1.66 bits per heavy atom. The fourth-order valence-corrected chi connectivity index (χ4v) is 3.58. The van der Waals surface area contributed by atoms with Crippen molar-refractivity contribution in [2.45, 2.75) is 25.8 Å². The Kier molecular flexibility index (Phi) is 5.42. The summed E-state index contributed by atoms with van der Waals surface area (Å²) in [5.74, 6) is 0.401. The van der Waals surface area contributed by atoms with Crippen LogP contribution in [0, 0.1) is 6.92 Å². The maximum Gasteiger partial charge on any atom is 0.273 e. The van der Waals surface area contributed by atoms with Crippen LogP contribution < -0.4 is 5.32 Å². The number of hydrogen-bond donors (Lipinski definition) is 1. The number of likely N-dealkylation sites (tertiary alicyclic amines) is 1. The number of benzene rings is 2. The first-order valence-corrected chi connectivity index (χ1v) is 9.79. The number of nitrogens with one attached hydrogen (secondary N) is 1. The molecule has 0 spiro atoms. The number of aromatic nitrogens is 1. The van der Waals surface area contributed by atoms with Crippen molar-refractivity contribution >= 4 is 11.8 Å². The van der Waals surface area contributed by atoms with Gasteiger partial charge in [0.25, 0.3) is 11.8 Å². The first-order chi connectivity index (χ1) is 14.1. The number of amides is 2. The van der Waals surface area contributed by atoms with Crippen molar-refractivity contribution in [1.29, 1.82) is 0 Å². The summed E-state index contributed by atoms with van der Waals surface area (Å²) in [6, 6.07) is 19.5. The van der Waals surface area contributed by atoms with Crippen molar-refractivity contribution in [3.05, 3.63) is 77.7 Å². The van der Waals surface area contributed by atoms with Crippen LogP contribution >= 0.6 is 0 Å². The average Bonchev–Trinajstić information content (AvgIpc) is 3.21. The quantitative estimate of drug-likeness (QED) is 0.738. The molecule has 148 valence electrons. The van der Waals surface area contributed by atoms with Gasteiger partial charge in [-0.1, -0.05) is 47.6 Å². The number of rotatable bonds is 4. The zero-order valence-corrected chi connectivity index (χ0v) is 16.3. The molecule has 29 heavy (non-hydrogen) atoms. The Bertz CT molecular complexity index is 988. The lowest BCUT2D eigenvalue weighted by atomic mass is 10.0.